The number of carbonyl (C=O) groups is 2. The molecule has 152 valence electrons. The molecule has 0 amide bonds. The Labute approximate surface area is 167 Å². The van der Waals surface area contributed by atoms with Crippen LogP contribution in [0.3, 0.4) is 0 Å². The zero-order chi connectivity index (χ0) is 21.5. The first-order valence-electron chi connectivity index (χ1n) is 8.98. The molecule has 0 saturated carbocycles. The summed E-state index contributed by atoms with van der Waals surface area (Å²) in [5, 5.41) is 11.3. The molecule has 0 aromatic heterocycles. The number of ether oxygens (including phenoxy) is 3. The van der Waals surface area contributed by atoms with E-state index in [9.17, 15) is 19.7 Å². The molecule has 0 bridgehead atoms. The van der Waals surface area contributed by atoms with Gasteiger partial charge in [0.1, 0.15) is 5.56 Å². The van der Waals surface area contributed by atoms with Crippen LogP contribution in [0.25, 0.3) is 0 Å². The maximum atomic E-state index is 12.8. The smallest absolute Gasteiger partial charge is 0.345 e. The molecule has 1 aliphatic heterocycles. The van der Waals surface area contributed by atoms with Crippen LogP contribution >= 0.6 is 0 Å². The Morgan fingerprint density at radius 1 is 0.966 bits per heavy atom. The first-order valence-corrected chi connectivity index (χ1v) is 8.98. The Hall–Kier alpha value is -3.42. The predicted molar refractivity (Wildman–Crippen MR) is 104 cm³/mol. The van der Waals surface area contributed by atoms with Gasteiger partial charge in [0.15, 0.2) is 18.1 Å². The van der Waals surface area contributed by atoms with Crippen molar-refractivity contribution in [2.24, 2.45) is 0 Å². The molecular weight excluding hydrogens is 378 g/mol. The number of ketones is 1. The lowest BCUT2D eigenvalue weighted by Crippen LogP contribution is -2.18. The number of hydrogen-bond acceptors (Lipinski definition) is 7. The van der Waals surface area contributed by atoms with E-state index in [-0.39, 0.29) is 29.6 Å². The highest BCUT2D eigenvalue weighted by molar-refractivity contribution is 6.03. The minimum absolute atomic E-state index is 0.0891. The molecule has 0 spiro atoms. The summed E-state index contributed by atoms with van der Waals surface area (Å²) in [4.78, 5) is 35.9. The van der Waals surface area contributed by atoms with Gasteiger partial charge >= 0.3 is 5.97 Å². The van der Waals surface area contributed by atoms with Gasteiger partial charge in [0.2, 0.25) is 12.6 Å². The molecule has 2 aromatic rings. The quantitative estimate of drug-likeness (QED) is 0.325. The fourth-order valence-electron chi connectivity index (χ4n) is 3.45. The topological polar surface area (TPSA) is 105 Å². The molecular formula is C21H21NO7. The molecule has 0 N–H and O–H groups in total. The summed E-state index contributed by atoms with van der Waals surface area (Å²) in [5.74, 6) is -0.936. The second-order valence-electron chi connectivity index (χ2n) is 6.98. The van der Waals surface area contributed by atoms with Crippen LogP contribution in [-0.2, 0) is 4.74 Å². The van der Waals surface area contributed by atoms with E-state index in [4.69, 9.17) is 14.2 Å². The third kappa shape index (κ3) is 3.53. The zero-order valence-corrected chi connectivity index (χ0v) is 16.9. The fourth-order valence-corrected chi connectivity index (χ4v) is 3.45. The lowest BCUT2D eigenvalue weighted by Gasteiger charge is -2.17. The lowest BCUT2D eigenvalue weighted by atomic mass is 9.88. The number of hydrogen-bond donors (Lipinski definition) is 0. The van der Waals surface area contributed by atoms with Crippen LogP contribution in [0.2, 0.25) is 0 Å². The molecule has 0 unspecified atom stereocenters. The van der Waals surface area contributed by atoms with Gasteiger partial charge in [-0.05, 0) is 62.4 Å². The molecule has 29 heavy (non-hydrogen) atoms. The second-order valence-corrected chi connectivity index (χ2v) is 6.98. The molecule has 0 aliphatic carbocycles. The first kappa shape index (κ1) is 20.3. The summed E-state index contributed by atoms with van der Waals surface area (Å²) in [6.07, 6.45) is 0. The molecule has 8 heteroatoms. The summed E-state index contributed by atoms with van der Waals surface area (Å²) in [7, 11) is 0. The number of nitro benzene ring substituents is 1. The van der Waals surface area contributed by atoms with Crippen LogP contribution in [-0.4, -0.2) is 30.1 Å². The Bertz CT molecular complexity index is 1030. The standard InChI is InChI=1S/C21H21NO7/c1-10-11(2)13(4)20(14(5)12(10)3)17(23)8-27-21(24)15-6-18-19(29-9-28-18)7-16(15)22(25)26/h6-7H,8-9H2,1-5H3. The lowest BCUT2D eigenvalue weighted by molar-refractivity contribution is -0.385. The van der Waals surface area contributed by atoms with Crippen LogP contribution in [0.5, 0.6) is 11.5 Å². The molecule has 8 nitrogen and oxygen atoms in total. The number of rotatable bonds is 5. The molecule has 0 saturated heterocycles. The Morgan fingerprint density at radius 2 is 1.48 bits per heavy atom. The van der Waals surface area contributed by atoms with Crippen LogP contribution in [0.15, 0.2) is 12.1 Å². The van der Waals surface area contributed by atoms with E-state index < -0.39 is 23.2 Å². The second kappa shape index (κ2) is 7.54. The monoisotopic (exact) mass is 399 g/mol. The molecule has 1 heterocycles. The minimum atomic E-state index is -0.973. The number of Topliss-reactive ketones (excluding diaryl/α,β-unsaturated/α-hetero) is 1. The van der Waals surface area contributed by atoms with Crippen molar-refractivity contribution in [3.8, 4) is 11.5 Å². The Balaban J connectivity index is 1.86. The number of fused-ring (bicyclic) bond motifs is 1. The average Bonchev–Trinajstić information content (AvgIpc) is 3.15. The van der Waals surface area contributed by atoms with Gasteiger partial charge in [0, 0.05) is 11.6 Å². The highest BCUT2D eigenvalue weighted by atomic mass is 16.7. The van der Waals surface area contributed by atoms with Crippen molar-refractivity contribution in [2.75, 3.05) is 13.4 Å². The zero-order valence-electron chi connectivity index (χ0n) is 16.9. The van der Waals surface area contributed by atoms with Crippen molar-refractivity contribution in [1.29, 1.82) is 0 Å². The molecule has 0 radical (unpaired) electrons. The van der Waals surface area contributed by atoms with Gasteiger partial charge in [0.05, 0.1) is 11.0 Å². The third-order valence-electron chi connectivity index (χ3n) is 5.52. The van der Waals surface area contributed by atoms with E-state index in [1.807, 2.05) is 34.6 Å². The third-order valence-corrected chi connectivity index (χ3v) is 5.52. The normalized spacial score (nSPS) is 12.0. The van der Waals surface area contributed by atoms with E-state index in [1.54, 1.807) is 0 Å². The molecule has 0 fully saturated rings. The van der Waals surface area contributed by atoms with Crippen molar-refractivity contribution in [3.63, 3.8) is 0 Å². The van der Waals surface area contributed by atoms with Gasteiger partial charge in [-0.2, -0.15) is 0 Å². The summed E-state index contributed by atoms with van der Waals surface area (Å²) < 4.78 is 15.4. The van der Waals surface area contributed by atoms with Crippen LogP contribution in [0.4, 0.5) is 5.69 Å². The predicted octanol–water partition coefficient (Wildman–Crippen LogP) is 3.91. The molecule has 2 aromatic carbocycles. The summed E-state index contributed by atoms with van der Waals surface area (Å²) in [5.41, 5.74) is 4.55. The number of nitro groups is 1. The van der Waals surface area contributed by atoms with Crippen molar-refractivity contribution in [3.05, 3.63) is 61.2 Å². The largest absolute Gasteiger partial charge is 0.454 e. The van der Waals surface area contributed by atoms with E-state index in [2.05, 4.69) is 0 Å². The molecule has 0 atom stereocenters. The van der Waals surface area contributed by atoms with Gasteiger partial charge in [-0.25, -0.2) is 4.79 Å². The molecule has 1 aliphatic rings. The number of benzene rings is 2. The average molecular weight is 399 g/mol. The Kier molecular flexibility index (Phi) is 5.28. The van der Waals surface area contributed by atoms with E-state index in [1.165, 1.54) is 6.07 Å². The van der Waals surface area contributed by atoms with Gasteiger partial charge < -0.3 is 14.2 Å². The summed E-state index contributed by atoms with van der Waals surface area (Å²) >= 11 is 0. The van der Waals surface area contributed by atoms with E-state index >= 15 is 0 Å². The van der Waals surface area contributed by atoms with Gasteiger partial charge in [-0.1, -0.05) is 0 Å². The minimum Gasteiger partial charge on any atom is -0.454 e. The fraction of sp³-hybridized carbons (Fsp3) is 0.333. The first-order chi connectivity index (χ1) is 13.6. The molecule has 3 rings (SSSR count). The van der Waals surface area contributed by atoms with E-state index in [0.29, 0.717) is 5.56 Å². The van der Waals surface area contributed by atoms with Gasteiger partial charge in [-0.15, -0.1) is 0 Å². The van der Waals surface area contributed by atoms with Crippen molar-refractivity contribution in [2.45, 2.75) is 34.6 Å². The summed E-state index contributed by atoms with van der Waals surface area (Å²) in [6.45, 7) is 8.98. The van der Waals surface area contributed by atoms with E-state index in [0.717, 1.165) is 33.9 Å². The van der Waals surface area contributed by atoms with Crippen LogP contribution in [0.1, 0.15) is 48.5 Å². The number of nitrogens with zero attached hydrogens (tertiary/aromatic N) is 1. The number of esters is 1. The van der Waals surface area contributed by atoms with Gasteiger partial charge in [-0.3, -0.25) is 14.9 Å². The van der Waals surface area contributed by atoms with Crippen molar-refractivity contribution < 1.29 is 28.7 Å². The van der Waals surface area contributed by atoms with Crippen molar-refractivity contribution in [1.82, 2.24) is 0 Å². The summed E-state index contributed by atoms with van der Waals surface area (Å²) in [6, 6.07) is 2.31. The maximum Gasteiger partial charge on any atom is 0.345 e. The Morgan fingerprint density at radius 3 is 2.03 bits per heavy atom. The highest BCUT2D eigenvalue weighted by Crippen LogP contribution is 2.38. The van der Waals surface area contributed by atoms with Crippen LogP contribution in [0, 0.1) is 44.7 Å². The van der Waals surface area contributed by atoms with Gasteiger partial charge in [0.25, 0.3) is 5.69 Å². The van der Waals surface area contributed by atoms with Crippen LogP contribution < -0.4 is 9.47 Å². The SMILES string of the molecule is Cc1c(C)c(C)c(C(=O)COC(=O)c2cc3c(cc2[N+](=O)[O-])OCO3)c(C)c1C. The highest BCUT2D eigenvalue weighted by Gasteiger charge is 2.29. The maximum absolute atomic E-state index is 12.8. The number of carbonyl (C=O) groups excluding carboxylic acids is 2. The van der Waals surface area contributed by atoms with Crippen molar-refractivity contribution >= 4 is 17.4 Å².